The highest BCUT2D eigenvalue weighted by molar-refractivity contribution is 7.89. The third-order valence-corrected chi connectivity index (χ3v) is 6.10. The molecular weight excluding hydrogens is 440 g/mol. The number of ether oxygens (including phenoxy) is 2. The highest BCUT2D eigenvalue weighted by Gasteiger charge is 2.12. The number of unbranched alkanes of at least 4 members (excludes halogenated alkanes) is 4. The Hall–Kier alpha value is -2.58. The Bertz CT molecular complexity index is 975. The van der Waals surface area contributed by atoms with Gasteiger partial charge in [0.1, 0.15) is 0 Å². The molecule has 2 aromatic rings. The van der Waals surface area contributed by atoms with Crippen molar-refractivity contribution in [3.63, 3.8) is 0 Å². The number of sulfonamides is 1. The van der Waals surface area contributed by atoms with Gasteiger partial charge in [-0.2, -0.15) is 0 Å². The van der Waals surface area contributed by atoms with E-state index in [1.54, 1.807) is 30.3 Å². The second-order valence-electron chi connectivity index (χ2n) is 7.97. The summed E-state index contributed by atoms with van der Waals surface area (Å²) in [6.45, 7) is 5.90. The van der Waals surface area contributed by atoms with Gasteiger partial charge in [0.15, 0.2) is 11.5 Å². The minimum Gasteiger partial charge on any atom is -0.490 e. The van der Waals surface area contributed by atoms with Crippen molar-refractivity contribution < 1.29 is 22.7 Å². The molecule has 0 radical (unpaired) electrons. The van der Waals surface area contributed by atoms with E-state index in [9.17, 15) is 13.2 Å². The van der Waals surface area contributed by atoms with Gasteiger partial charge in [-0.3, -0.25) is 4.79 Å². The van der Waals surface area contributed by atoms with Crippen molar-refractivity contribution in [3.05, 3.63) is 53.6 Å². The van der Waals surface area contributed by atoms with E-state index in [1.807, 2.05) is 0 Å². The van der Waals surface area contributed by atoms with Crippen LogP contribution in [0.4, 0.5) is 0 Å². The van der Waals surface area contributed by atoms with E-state index in [0.29, 0.717) is 43.2 Å². The number of hydrogen-bond acceptors (Lipinski definition) is 5. The van der Waals surface area contributed by atoms with Crippen molar-refractivity contribution in [1.29, 1.82) is 0 Å². The smallest absolute Gasteiger partial charge is 0.251 e. The van der Waals surface area contributed by atoms with Crippen LogP contribution in [0.15, 0.2) is 47.4 Å². The van der Waals surface area contributed by atoms with E-state index in [0.717, 1.165) is 44.1 Å². The summed E-state index contributed by atoms with van der Waals surface area (Å²) in [6.07, 6.45) is 6.92. The van der Waals surface area contributed by atoms with Crippen LogP contribution in [-0.4, -0.2) is 34.1 Å². The molecule has 2 rings (SSSR count). The molecule has 0 aromatic heterocycles. The average Bonchev–Trinajstić information content (AvgIpc) is 2.80. The lowest BCUT2D eigenvalue weighted by Crippen LogP contribution is -2.25. The Morgan fingerprint density at radius 1 is 0.879 bits per heavy atom. The van der Waals surface area contributed by atoms with Gasteiger partial charge in [0.2, 0.25) is 10.0 Å². The SMILES string of the molecule is CCCCCOc1ccc(C(=O)NCCc2ccc(S(N)(=O)=O)cc2)cc1OCCCCC. The number of rotatable bonds is 15. The van der Waals surface area contributed by atoms with Gasteiger partial charge in [-0.05, 0) is 55.2 Å². The number of carbonyl (C=O) groups is 1. The van der Waals surface area contributed by atoms with Crippen LogP contribution in [0.25, 0.3) is 0 Å². The minimum atomic E-state index is -3.71. The predicted molar refractivity (Wildman–Crippen MR) is 130 cm³/mol. The average molecular weight is 477 g/mol. The van der Waals surface area contributed by atoms with E-state index in [-0.39, 0.29) is 10.8 Å². The summed E-state index contributed by atoms with van der Waals surface area (Å²) in [6, 6.07) is 11.6. The summed E-state index contributed by atoms with van der Waals surface area (Å²) in [7, 11) is -3.71. The molecule has 0 unspecified atom stereocenters. The summed E-state index contributed by atoms with van der Waals surface area (Å²) in [4.78, 5) is 12.7. The van der Waals surface area contributed by atoms with Crippen LogP contribution < -0.4 is 19.9 Å². The number of hydrogen-bond donors (Lipinski definition) is 2. The lowest BCUT2D eigenvalue weighted by molar-refractivity contribution is 0.0953. The van der Waals surface area contributed by atoms with Crippen LogP contribution in [0.5, 0.6) is 11.5 Å². The molecule has 0 bridgehead atoms. The van der Waals surface area contributed by atoms with Crippen LogP contribution >= 0.6 is 0 Å². The van der Waals surface area contributed by atoms with Crippen LogP contribution in [0.2, 0.25) is 0 Å². The molecule has 0 aliphatic carbocycles. The first kappa shape index (κ1) is 26.7. The monoisotopic (exact) mass is 476 g/mol. The highest BCUT2D eigenvalue weighted by Crippen LogP contribution is 2.29. The first-order chi connectivity index (χ1) is 15.8. The fraction of sp³-hybridized carbons (Fsp3) is 0.480. The molecule has 0 spiro atoms. The van der Waals surface area contributed by atoms with Crippen molar-refractivity contribution in [3.8, 4) is 11.5 Å². The topological polar surface area (TPSA) is 108 Å². The number of nitrogens with one attached hydrogen (secondary N) is 1. The molecule has 182 valence electrons. The fourth-order valence-corrected chi connectivity index (χ4v) is 3.73. The fourth-order valence-electron chi connectivity index (χ4n) is 3.22. The molecule has 0 fully saturated rings. The predicted octanol–water partition coefficient (Wildman–Crippen LogP) is 4.44. The number of benzene rings is 2. The lowest BCUT2D eigenvalue weighted by Gasteiger charge is -2.14. The van der Waals surface area contributed by atoms with Gasteiger partial charge in [-0.25, -0.2) is 13.6 Å². The molecule has 8 heteroatoms. The maximum absolute atomic E-state index is 12.7. The third kappa shape index (κ3) is 9.43. The van der Waals surface area contributed by atoms with E-state index in [2.05, 4.69) is 19.2 Å². The summed E-state index contributed by atoms with van der Waals surface area (Å²) >= 11 is 0. The van der Waals surface area contributed by atoms with Crippen LogP contribution in [0.3, 0.4) is 0 Å². The van der Waals surface area contributed by atoms with Crippen molar-refractivity contribution in [2.75, 3.05) is 19.8 Å². The van der Waals surface area contributed by atoms with E-state index >= 15 is 0 Å². The molecular formula is C25H36N2O5S. The lowest BCUT2D eigenvalue weighted by atomic mass is 10.1. The van der Waals surface area contributed by atoms with Crippen molar-refractivity contribution >= 4 is 15.9 Å². The molecule has 0 aliphatic heterocycles. The number of primary sulfonamides is 1. The largest absolute Gasteiger partial charge is 0.490 e. The Kier molecular flexibility index (Phi) is 11.2. The number of nitrogens with two attached hydrogens (primary N) is 1. The van der Waals surface area contributed by atoms with Gasteiger partial charge in [-0.15, -0.1) is 0 Å². The van der Waals surface area contributed by atoms with Crippen LogP contribution in [0, 0.1) is 0 Å². The molecule has 2 aromatic carbocycles. The first-order valence-corrected chi connectivity index (χ1v) is 13.2. The minimum absolute atomic E-state index is 0.0683. The maximum atomic E-state index is 12.7. The zero-order valence-corrected chi connectivity index (χ0v) is 20.5. The molecule has 7 nitrogen and oxygen atoms in total. The summed E-state index contributed by atoms with van der Waals surface area (Å²) in [5.74, 6) is 1.05. The summed E-state index contributed by atoms with van der Waals surface area (Å²) in [5, 5.41) is 8.01. The van der Waals surface area contributed by atoms with Gasteiger partial charge in [-0.1, -0.05) is 51.7 Å². The Morgan fingerprint density at radius 2 is 1.48 bits per heavy atom. The van der Waals surface area contributed by atoms with Gasteiger partial charge in [0.25, 0.3) is 5.91 Å². The van der Waals surface area contributed by atoms with Gasteiger partial charge in [0, 0.05) is 12.1 Å². The molecule has 1 amide bonds. The standard InChI is InChI=1S/C25H36N2O5S/c1-3-5-7-17-31-23-14-11-21(19-24(23)32-18-8-6-4-2)25(28)27-16-15-20-9-12-22(13-10-20)33(26,29)30/h9-14,19H,3-8,15-18H2,1-2H3,(H,27,28)(H2,26,29,30). The Morgan fingerprint density at radius 3 is 2.06 bits per heavy atom. The molecule has 0 heterocycles. The summed E-state index contributed by atoms with van der Waals surface area (Å²) < 4.78 is 34.5. The second kappa shape index (κ2) is 13.9. The molecule has 33 heavy (non-hydrogen) atoms. The maximum Gasteiger partial charge on any atom is 0.251 e. The zero-order chi connectivity index (χ0) is 24.1. The molecule has 0 saturated carbocycles. The highest BCUT2D eigenvalue weighted by atomic mass is 32.2. The van der Waals surface area contributed by atoms with Crippen LogP contribution in [-0.2, 0) is 16.4 Å². The van der Waals surface area contributed by atoms with Crippen LogP contribution in [0.1, 0.15) is 68.3 Å². The van der Waals surface area contributed by atoms with Gasteiger partial charge >= 0.3 is 0 Å². The quantitative estimate of drug-likeness (QED) is 0.369. The Labute approximate surface area is 197 Å². The molecule has 0 saturated heterocycles. The second-order valence-corrected chi connectivity index (χ2v) is 9.53. The van der Waals surface area contributed by atoms with Crippen molar-refractivity contribution in [2.45, 2.75) is 63.7 Å². The zero-order valence-electron chi connectivity index (χ0n) is 19.6. The van der Waals surface area contributed by atoms with Gasteiger partial charge in [0.05, 0.1) is 18.1 Å². The number of carbonyl (C=O) groups excluding carboxylic acids is 1. The number of amides is 1. The molecule has 0 atom stereocenters. The van der Waals surface area contributed by atoms with E-state index in [1.165, 1.54) is 12.1 Å². The molecule has 0 aliphatic rings. The van der Waals surface area contributed by atoms with Crippen molar-refractivity contribution in [2.24, 2.45) is 5.14 Å². The van der Waals surface area contributed by atoms with E-state index < -0.39 is 10.0 Å². The summed E-state index contributed by atoms with van der Waals surface area (Å²) in [5.41, 5.74) is 1.41. The first-order valence-electron chi connectivity index (χ1n) is 11.6. The van der Waals surface area contributed by atoms with E-state index in [4.69, 9.17) is 14.6 Å². The third-order valence-electron chi connectivity index (χ3n) is 5.17. The van der Waals surface area contributed by atoms with Crippen molar-refractivity contribution in [1.82, 2.24) is 5.32 Å². The van der Waals surface area contributed by atoms with Gasteiger partial charge < -0.3 is 14.8 Å². The molecule has 3 N–H and O–H groups in total. The normalized spacial score (nSPS) is 11.2. The Balaban J connectivity index is 1.96.